The molecule has 0 saturated heterocycles. The van der Waals surface area contributed by atoms with Gasteiger partial charge in [0, 0.05) is 42.0 Å². The summed E-state index contributed by atoms with van der Waals surface area (Å²) < 4.78 is 2.63. The molecular weight excluding hydrogens is 592 g/mol. The van der Waals surface area contributed by atoms with Crippen molar-refractivity contribution >= 4 is 18.3 Å². The molecule has 2 aliphatic rings. The molecule has 6 heteroatoms. The summed E-state index contributed by atoms with van der Waals surface area (Å²) in [5.41, 5.74) is 5.03. The molecule has 0 bridgehead atoms. The van der Waals surface area contributed by atoms with Crippen LogP contribution in [-0.2, 0) is 22.7 Å². The van der Waals surface area contributed by atoms with Crippen molar-refractivity contribution in [3.05, 3.63) is 57.6 Å². The van der Waals surface area contributed by atoms with Gasteiger partial charge in [0.25, 0.3) is 0 Å². The van der Waals surface area contributed by atoms with Crippen molar-refractivity contribution in [2.75, 3.05) is 32.7 Å². The van der Waals surface area contributed by atoms with Crippen molar-refractivity contribution in [2.45, 2.75) is 143 Å². The van der Waals surface area contributed by atoms with Gasteiger partial charge in [0.05, 0.1) is 38.3 Å². The molecule has 0 amide bonds. The largest absolute Gasteiger partial charge is 0.507 e. The number of aryl methyl sites for hydroxylation is 1. The standard InChI is InChI=1S/C42H64N4O2/c1-39(2,3)33-23-30(17-15-20-46-22-16-21-45-19-14-12-13-18-36(45)46)37(47)32(25-33)28-44-42(10,11)29-43-27-31-24-34(40(4,5)6)26-35(38(31)48)41(7,8)9/h23-28H,12-22,29H2,1-11H3,(H-,43,44,47,48)/p+1. The summed E-state index contributed by atoms with van der Waals surface area (Å²) in [6, 6.07) is 8.48. The Labute approximate surface area is 292 Å². The molecule has 2 heterocycles. The number of benzene rings is 2. The molecule has 48 heavy (non-hydrogen) atoms. The molecule has 0 aliphatic carbocycles. The molecule has 2 aromatic carbocycles. The molecule has 0 unspecified atom stereocenters. The van der Waals surface area contributed by atoms with Gasteiger partial charge >= 0.3 is 0 Å². The Morgan fingerprint density at radius 1 is 0.729 bits per heavy atom. The Bertz CT molecular complexity index is 1530. The van der Waals surface area contributed by atoms with E-state index in [1.165, 1.54) is 56.3 Å². The topological polar surface area (TPSA) is 71.4 Å². The zero-order chi connectivity index (χ0) is 35.5. The molecule has 0 saturated carbocycles. The Kier molecular flexibility index (Phi) is 11.6. The van der Waals surface area contributed by atoms with Gasteiger partial charge in [-0.05, 0) is 91.0 Å². The molecule has 0 radical (unpaired) electrons. The summed E-state index contributed by atoms with van der Waals surface area (Å²) in [5.74, 6) is 2.19. The molecule has 4 rings (SSSR count). The summed E-state index contributed by atoms with van der Waals surface area (Å²) in [6.45, 7) is 28.8. The fourth-order valence-corrected chi connectivity index (χ4v) is 6.78. The van der Waals surface area contributed by atoms with Crippen LogP contribution in [0.3, 0.4) is 0 Å². The molecule has 0 fully saturated rings. The van der Waals surface area contributed by atoms with Gasteiger partial charge in [-0.15, -0.1) is 0 Å². The molecule has 2 aliphatic heterocycles. The lowest BCUT2D eigenvalue weighted by atomic mass is 9.79. The van der Waals surface area contributed by atoms with E-state index < -0.39 is 5.54 Å². The van der Waals surface area contributed by atoms with Crippen molar-refractivity contribution in [2.24, 2.45) is 9.98 Å². The first-order valence-corrected chi connectivity index (χ1v) is 18.4. The smallest absolute Gasteiger partial charge is 0.246 e. The second kappa shape index (κ2) is 14.8. The molecule has 6 nitrogen and oxygen atoms in total. The Morgan fingerprint density at radius 2 is 1.35 bits per heavy atom. The van der Waals surface area contributed by atoms with E-state index >= 15 is 0 Å². The van der Waals surface area contributed by atoms with Crippen molar-refractivity contribution < 1.29 is 14.8 Å². The van der Waals surface area contributed by atoms with E-state index in [1.54, 1.807) is 12.1 Å². The zero-order valence-corrected chi connectivity index (χ0v) is 32.1. The van der Waals surface area contributed by atoms with Gasteiger partial charge in [0.1, 0.15) is 11.5 Å². The molecule has 0 aromatic heterocycles. The van der Waals surface area contributed by atoms with Crippen LogP contribution in [0.5, 0.6) is 11.5 Å². The maximum atomic E-state index is 11.5. The minimum absolute atomic E-state index is 0.0508. The highest BCUT2D eigenvalue weighted by atomic mass is 16.3. The van der Waals surface area contributed by atoms with Crippen molar-refractivity contribution in [3.63, 3.8) is 0 Å². The minimum Gasteiger partial charge on any atom is -0.507 e. The SMILES string of the molecule is CC(C)(CN=Cc1cc(C(C)(C)C)cc(C(C)(C)C)c1O)N=Cc1cc(C(C)(C)C)cc(CCCN2CCC[N+]3=C2CCCCC3)c1O. The first-order valence-electron chi connectivity index (χ1n) is 18.4. The average molecular weight is 658 g/mol. The fraction of sp³-hybridized carbons (Fsp3) is 0.643. The Balaban J connectivity index is 1.52. The highest BCUT2D eigenvalue weighted by Crippen LogP contribution is 2.37. The van der Waals surface area contributed by atoms with E-state index in [9.17, 15) is 10.2 Å². The van der Waals surface area contributed by atoms with Gasteiger partial charge in [0.2, 0.25) is 5.84 Å². The Morgan fingerprint density at radius 3 is 2.00 bits per heavy atom. The molecule has 264 valence electrons. The van der Waals surface area contributed by atoms with Crippen LogP contribution in [0.25, 0.3) is 0 Å². The van der Waals surface area contributed by atoms with Crippen LogP contribution in [0.1, 0.15) is 148 Å². The van der Waals surface area contributed by atoms with Crippen LogP contribution in [0.4, 0.5) is 0 Å². The highest BCUT2D eigenvalue weighted by molar-refractivity contribution is 5.86. The van der Waals surface area contributed by atoms with Gasteiger partial charge in [-0.2, -0.15) is 0 Å². The lowest BCUT2D eigenvalue weighted by molar-refractivity contribution is -0.539. The number of hydrogen-bond donors (Lipinski definition) is 2. The van der Waals surface area contributed by atoms with Crippen LogP contribution in [0, 0.1) is 0 Å². The molecular formula is C42H65N4O2+. The third-order valence-corrected chi connectivity index (χ3v) is 9.95. The van der Waals surface area contributed by atoms with E-state index in [-0.39, 0.29) is 16.2 Å². The molecule has 0 spiro atoms. The minimum atomic E-state index is -0.499. The van der Waals surface area contributed by atoms with Gasteiger partial charge < -0.3 is 10.2 Å². The number of aliphatic imine (C=N–C) groups is 2. The number of hydrogen-bond acceptors (Lipinski definition) is 5. The summed E-state index contributed by atoms with van der Waals surface area (Å²) in [6.07, 6.45) is 11.9. The van der Waals surface area contributed by atoms with Crippen LogP contribution >= 0.6 is 0 Å². The first-order chi connectivity index (χ1) is 22.3. The number of phenols is 2. The van der Waals surface area contributed by atoms with Gasteiger partial charge in [-0.1, -0.05) is 74.4 Å². The summed E-state index contributed by atoms with van der Waals surface area (Å²) in [4.78, 5) is 12.3. The molecule has 0 atom stereocenters. The predicted molar refractivity (Wildman–Crippen MR) is 204 cm³/mol. The lowest BCUT2D eigenvalue weighted by Gasteiger charge is -2.27. The van der Waals surface area contributed by atoms with Crippen molar-refractivity contribution in [1.82, 2.24) is 4.90 Å². The number of amidine groups is 1. The van der Waals surface area contributed by atoms with Gasteiger partial charge in [0.15, 0.2) is 0 Å². The quantitative estimate of drug-likeness (QED) is 0.209. The fourth-order valence-electron chi connectivity index (χ4n) is 6.78. The average Bonchev–Trinajstić information content (AvgIpc) is 3.23. The van der Waals surface area contributed by atoms with E-state index in [4.69, 9.17) is 9.98 Å². The third-order valence-electron chi connectivity index (χ3n) is 9.95. The second-order valence-corrected chi connectivity index (χ2v) is 18.0. The van der Waals surface area contributed by atoms with Crippen LogP contribution in [0.15, 0.2) is 34.3 Å². The van der Waals surface area contributed by atoms with E-state index in [2.05, 4.69) is 110 Å². The van der Waals surface area contributed by atoms with Crippen molar-refractivity contribution in [1.29, 1.82) is 0 Å². The van der Waals surface area contributed by atoms with E-state index in [0.29, 0.717) is 18.0 Å². The number of rotatable bonds is 9. The summed E-state index contributed by atoms with van der Waals surface area (Å²) in [5, 5.41) is 22.7. The number of nitrogens with zero attached hydrogens (tertiary/aromatic N) is 4. The van der Waals surface area contributed by atoms with Crippen LogP contribution in [0.2, 0.25) is 0 Å². The number of phenolic OH excluding ortho intramolecular Hbond substituents is 2. The molecule has 2 aromatic rings. The molecule has 2 N–H and O–H groups in total. The monoisotopic (exact) mass is 658 g/mol. The van der Waals surface area contributed by atoms with Gasteiger partial charge in [-0.25, -0.2) is 0 Å². The maximum absolute atomic E-state index is 11.5. The van der Waals surface area contributed by atoms with E-state index in [0.717, 1.165) is 48.2 Å². The summed E-state index contributed by atoms with van der Waals surface area (Å²) >= 11 is 0. The second-order valence-electron chi connectivity index (χ2n) is 18.0. The van der Waals surface area contributed by atoms with Gasteiger partial charge in [-0.3, -0.25) is 19.5 Å². The lowest BCUT2D eigenvalue weighted by Crippen LogP contribution is -2.44. The third kappa shape index (κ3) is 9.72. The summed E-state index contributed by atoms with van der Waals surface area (Å²) in [7, 11) is 0. The maximum Gasteiger partial charge on any atom is 0.246 e. The highest BCUT2D eigenvalue weighted by Gasteiger charge is 2.29. The normalized spacial score (nSPS) is 17.0. The first kappa shape index (κ1) is 37.7. The van der Waals surface area contributed by atoms with Crippen LogP contribution in [-0.4, -0.2) is 76.2 Å². The van der Waals surface area contributed by atoms with Crippen LogP contribution < -0.4 is 0 Å². The van der Waals surface area contributed by atoms with E-state index in [1.807, 2.05) is 6.21 Å². The predicted octanol–water partition coefficient (Wildman–Crippen LogP) is 8.93. The Hall–Kier alpha value is -3.15. The zero-order valence-electron chi connectivity index (χ0n) is 32.1. The van der Waals surface area contributed by atoms with Crippen molar-refractivity contribution in [3.8, 4) is 11.5 Å². The number of aromatic hydroxyl groups is 2.